The Kier molecular flexibility index (Phi) is 5.37. The van der Waals surface area contributed by atoms with Crippen LogP contribution in [0.4, 0.5) is 0 Å². The minimum atomic E-state index is -0.0847. The first-order valence-corrected chi connectivity index (χ1v) is 9.54. The highest BCUT2D eigenvalue weighted by molar-refractivity contribution is 5.92. The average Bonchev–Trinajstić information content (AvgIpc) is 3.23. The molecule has 144 valence electrons. The van der Waals surface area contributed by atoms with E-state index in [1.165, 1.54) is 5.56 Å². The number of hydrogen-bond acceptors (Lipinski definition) is 5. The maximum absolute atomic E-state index is 12.7. The fourth-order valence-electron chi connectivity index (χ4n) is 3.48. The van der Waals surface area contributed by atoms with Crippen LogP contribution in [-0.4, -0.2) is 34.0 Å². The van der Waals surface area contributed by atoms with Gasteiger partial charge in [0, 0.05) is 24.8 Å². The summed E-state index contributed by atoms with van der Waals surface area (Å²) in [5.41, 5.74) is 2.61. The van der Waals surface area contributed by atoms with Crippen molar-refractivity contribution in [2.45, 2.75) is 32.3 Å². The Morgan fingerprint density at radius 1 is 1.18 bits per heavy atom. The van der Waals surface area contributed by atoms with Crippen LogP contribution in [0, 0.1) is 6.92 Å². The largest absolute Gasteiger partial charge is 0.484 e. The molecule has 0 radical (unpaired) electrons. The fourth-order valence-corrected chi connectivity index (χ4v) is 3.48. The van der Waals surface area contributed by atoms with Gasteiger partial charge in [0.05, 0.1) is 6.20 Å². The van der Waals surface area contributed by atoms with Crippen molar-refractivity contribution < 1.29 is 14.1 Å². The van der Waals surface area contributed by atoms with E-state index in [1.54, 1.807) is 12.3 Å². The molecule has 0 bridgehead atoms. The number of hydrogen-bond donors (Lipinski definition) is 0. The number of amides is 1. The third kappa shape index (κ3) is 4.22. The van der Waals surface area contributed by atoms with Crippen LogP contribution in [0.1, 0.15) is 46.3 Å². The summed E-state index contributed by atoms with van der Waals surface area (Å²) < 4.78 is 10.9. The van der Waals surface area contributed by atoms with E-state index in [0.29, 0.717) is 23.1 Å². The summed E-state index contributed by atoms with van der Waals surface area (Å²) in [6, 6.07) is 15.9. The number of carbonyl (C=O) groups excluding carboxylic acids is 1. The number of piperidine rings is 1. The molecular formula is C22H23N3O3. The summed E-state index contributed by atoms with van der Waals surface area (Å²) >= 11 is 0. The molecular weight excluding hydrogens is 354 g/mol. The summed E-state index contributed by atoms with van der Waals surface area (Å²) in [6.07, 6.45) is 3.59. The molecule has 6 nitrogen and oxygen atoms in total. The maximum atomic E-state index is 12.7. The first-order chi connectivity index (χ1) is 13.7. The molecule has 0 atom stereocenters. The molecule has 0 spiro atoms. The van der Waals surface area contributed by atoms with E-state index in [0.717, 1.165) is 31.6 Å². The van der Waals surface area contributed by atoms with Crippen LogP contribution in [0.15, 0.2) is 59.3 Å². The van der Waals surface area contributed by atoms with Crippen molar-refractivity contribution in [3.05, 3.63) is 77.4 Å². The quantitative estimate of drug-likeness (QED) is 0.673. The summed E-state index contributed by atoms with van der Waals surface area (Å²) in [5, 5.41) is 3.93. The Balaban J connectivity index is 1.31. The molecule has 3 aromatic rings. The van der Waals surface area contributed by atoms with Gasteiger partial charge in [0.2, 0.25) is 0 Å². The molecule has 6 heteroatoms. The summed E-state index contributed by atoms with van der Waals surface area (Å²) in [4.78, 5) is 18.8. The number of aryl methyl sites for hydroxylation is 1. The lowest BCUT2D eigenvalue weighted by atomic mass is 9.89. The highest BCUT2D eigenvalue weighted by Crippen LogP contribution is 2.28. The highest BCUT2D eigenvalue weighted by Gasteiger charge is 2.26. The van der Waals surface area contributed by atoms with E-state index < -0.39 is 0 Å². The van der Waals surface area contributed by atoms with E-state index >= 15 is 0 Å². The van der Waals surface area contributed by atoms with Crippen LogP contribution in [-0.2, 0) is 6.61 Å². The standard InChI is InChI=1S/C22H23N3O3/c1-16-7-8-19(14-23-16)27-15-20-13-21(24-28-20)22(26)25-11-9-18(10-12-25)17-5-3-2-4-6-17/h2-8,13-14,18H,9-12,15H2,1H3. The first-order valence-electron chi connectivity index (χ1n) is 9.54. The summed E-state index contributed by atoms with van der Waals surface area (Å²) in [6.45, 7) is 3.58. The first kappa shape index (κ1) is 18.2. The number of aromatic nitrogens is 2. The molecule has 1 fully saturated rings. The normalized spacial score (nSPS) is 14.8. The zero-order chi connectivity index (χ0) is 19.3. The maximum Gasteiger partial charge on any atom is 0.276 e. The number of likely N-dealkylation sites (tertiary alicyclic amines) is 1. The van der Waals surface area contributed by atoms with Crippen molar-refractivity contribution in [3.8, 4) is 5.75 Å². The van der Waals surface area contributed by atoms with Gasteiger partial charge in [-0.25, -0.2) is 0 Å². The van der Waals surface area contributed by atoms with Crippen LogP contribution in [0.3, 0.4) is 0 Å². The zero-order valence-electron chi connectivity index (χ0n) is 15.9. The smallest absolute Gasteiger partial charge is 0.276 e. The summed E-state index contributed by atoms with van der Waals surface area (Å²) in [7, 11) is 0. The van der Waals surface area contributed by atoms with E-state index in [2.05, 4.69) is 34.4 Å². The lowest BCUT2D eigenvalue weighted by Gasteiger charge is -2.31. The number of rotatable bonds is 5. The minimum absolute atomic E-state index is 0.0847. The van der Waals surface area contributed by atoms with Gasteiger partial charge in [0.15, 0.2) is 11.5 Å². The third-order valence-corrected chi connectivity index (χ3v) is 5.10. The van der Waals surface area contributed by atoms with E-state index in [-0.39, 0.29) is 12.5 Å². The molecule has 1 aromatic carbocycles. The van der Waals surface area contributed by atoms with Crippen LogP contribution in [0.25, 0.3) is 0 Å². The van der Waals surface area contributed by atoms with Crippen molar-refractivity contribution in [1.82, 2.24) is 15.0 Å². The molecule has 1 saturated heterocycles. The second-order valence-electron chi connectivity index (χ2n) is 7.08. The Labute approximate surface area is 164 Å². The van der Waals surface area contributed by atoms with Crippen LogP contribution >= 0.6 is 0 Å². The van der Waals surface area contributed by atoms with Gasteiger partial charge in [-0.05, 0) is 43.4 Å². The van der Waals surface area contributed by atoms with Crippen LogP contribution in [0.5, 0.6) is 5.75 Å². The number of nitrogens with zero attached hydrogens (tertiary/aromatic N) is 3. The molecule has 0 saturated carbocycles. The lowest BCUT2D eigenvalue weighted by Crippen LogP contribution is -2.38. The second-order valence-corrected chi connectivity index (χ2v) is 7.08. The number of benzene rings is 1. The lowest BCUT2D eigenvalue weighted by molar-refractivity contribution is 0.0702. The van der Waals surface area contributed by atoms with Gasteiger partial charge in [-0.3, -0.25) is 9.78 Å². The SMILES string of the molecule is Cc1ccc(OCc2cc(C(=O)N3CCC(c4ccccc4)CC3)no2)cn1. The highest BCUT2D eigenvalue weighted by atomic mass is 16.5. The van der Waals surface area contributed by atoms with Gasteiger partial charge in [0.1, 0.15) is 12.4 Å². The molecule has 0 N–H and O–H groups in total. The van der Waals surface area contributed by atoms with Gasteiger partial charge in [-0.1, -0.05) is 35.5 Å². The number of ether oxygens (including phenoxy) is 1. The average molecular weight is 377 g/mol. The van der Waals surface area contributed by atoms with Gasteiger partial charge in [-0.15, -0.1) is 0 Å². The number of pyridine rings is 1. The Bertz CT molecular complexity index is 914. The van der Waals surface area contributed by atoms with Crippen molar-refractivity contribution >= 4 is 5.91 Å². The van der Waals surface area contributed by atoms with Gasteiger partial charge < -0.3 is 14.2 Å². The predicted molar refractivity (Wildman–Crippen MR) is 104 cm³/mol. The molecule has 2 aromatic heterocycles. The van der Waals surface area contributed by atoms with Gasteiger partial charge >= 0.3 is 0 Å². The third-order valence-electron chi connectivity index (χ3n) is 5.10. The molecule has 3 heterocycles. The Morgan fingerprint density at radius 3 is 2.68 bits per heavy atom. The molecule has 0 unspecified atom stereocenters. The molecule has 1 aliphatic rings. The van der Waals surface area contributed by atoms with Gasteiger partial charge in [-0.2, -0.15) is 0 Å². The van der Waals surface area contributed by atoms with E-state index in [9.17, 15) is 4.79 Å². The zero-order valence-corrected chi connectivity index (χ0v) is 15.9. The van der Waals surface area contributed by atoms with Crippen LogP contribution < -0.4 is 4.74 Å². The molecule has 1 amide bonds. The minimum Gasteiger partial charge on any atom is -0.484 e. The predicted octanol–water partition coefficient (Wildman–Crippen LogP) is 3.98. The second kappa shape index (κ2) is 8.25. The van der Waals surface area contributed by atoms with Crippen LogP contribution in [0.2, 0.25) is 0 Å². The van der Waals surface area contributed by atoms with Crippen molar-refractivity contribution in [1.29, 1.82) is 0 Å². The molecule has 28 heavy (non-hydrogen) atoms. The van der Waals surface area contributed by atoms with Crippen molar-refractivity contribution in [3.63, 3.8) is 0 Å². The fraction of sp³-hybridized carbons (Fsp3) is 0.318. The van der Waals surface area contributed by atoms with E-state index in [1.807, 2.05) is 30.0 Å². The molecule has 0 aliphatic carbocycles. The summed E-state index contributed by atoms with van der Waals surface area (Å²) in [5.74, 6) is 1.59. The number of carbonyl (C=O) groups is 1. The van der Waals surface area contributed by atoms with Crippen molar-refractivity contribution in [2.75, 3.05) is 13.1 Å². The topological polar surface area (TPSA) is 68.5 Å². The van der Waals surface area contributed by atoms with E-state index in [4.69, 9.17) is 9.26 Å². The molecule has 4 rings (SSSR count). The Hall–Kier alpha value is -3.15. The van der Waals surface area contributed by atoms with Gasteiger partial charge in [0.25, 0.3) is 5.91 Å². The molecule has 1 aliphatic heterocycles. The Morgan fingerprint density at radius 2 is 1.96 bits per heavy atom. The van der Waals surface area contributed by atoms with Crippen molar-refractivity contribution in [2.24, 2.45) is 0 Å². The monoisotopic (exact) mass is 377 g/mol.